The molecule has 0 aliphatic heterocycles. The van der Waals surface area contributed by atoms with Gasteiger partial charge in [-0.25, -0.2) is 0 Å². The molecule has 6 heteroatoms. The molecule has 3 aromatic rings. The normalized spacial score (nSPS) is 11.0. The Kier molecular flexibility index (Phi) is 4.25. The van der Waals surface area contributed by atoms with Crippen molar-refractivity contribution in [1.29, 1.82) is 0 Å². The van der Waals surface area contributed by atoms with E-state index in [9.17, 15) is 0 Å². The number of aromatic nitrogens is 4. The van der Waals surface area contributed by atoms with Gasteiger partial charge in [0, 0.05) is 37.4 Å². The number of hydrogen-bond donors (Lipinski definition) is 1. The molecule has 0 aliphatic carbocycles. The fraction of sp³-hybridized carbons (Fsp3) is 0.214. The lowest BCUT2D eigenvalue weighted by Crippen LogP contribution is -2.16. The van der Waals surface area contributed by atoms with Crippen molar-refractivity contribution < 1.29 is 0 Å². The Hall–Kier alpha value is -1.92. The van der Waals surface area contributed by atoms with E-state index in [-0.39, 0.29) is 0 Å². The minimum absolute atomic E-state index is 0.842. The van der Waals surface area contributed by atoms with E-state index in [1.54, 1.807) is 18.0 Å². The van der Waals surface area contributed by atoms with E-state index in [0.29, 0.717) is 0 Å². The lowest BCUT2D eigenvalue weighted by Gasteiger charge is -2.03. The summed E-state index contributed by atoms with van der Waals surface area (Å²) < 4.78 is 2.01. The molecule has 0 atom stereocenters. The maximum Gasteiger partial charge on any atom is 0.195 e. The van der Waals surface area contributed by atoms with Crippen LogP contribution in [0.15, 0.2) is 54.1 Å². The van der Waals surface area contributed by atoms with Gasteiger partial charge in [0.1, 0.15) is 0 Å². The van der Waals surface area contributed by atoms with Crippen LogP contribution in [0.3, 0.4) is 0 Å². The molecule has 20 heavy (non-hydrogen) atoms. The Balaban J connectivity index is 1.46. The summed E-state index contributed by atoms with van der Waals surface area (Å²) in [5, 5.41) is 12.6. The van der Waals surface area contributed by atoms with Crippen LogP contribution in [0.4, 0.5) is 0 Å². The summed E-state index contributed by atoms with van der Waals surface area (Å²) in [6.07, 6.45) is 5.66. The van der Waals surface area contributed by atoms with Crippen LogP contribution in [0.5, 0.6) is 0 Å². The van der Waals surface area contributed by atoms with Gasteiger partial charge in [-0.05, 0) is 23.8 Å². The molecule has 0 aliphatic rings. The average Bonchev–Trinajstić information content (AvgIpc) is 2.91. The summed E-state index contributed by atoms with van der Waals surface area (Å²) in [6, 6.07) is 9.93. The van der Waals surface area contributed by atoms with Gasteiger partial charge in [0.05, 0.1) is 0 Å². The molecule has 0 unspecified atom stereocenters. The van der Waals surface area contributed by atoms with Gasteiger partial charge in [-0.1, -0.05) is 23.9 Å². The maximum atomic E-state index is 4.19. The molecular weight excluding hydrogens is 270 g/mol. The van der Waals surface area contributed by atoms with E-state index < -0.39 is 0 Å². The highest BCUT2D eigenvalue weighted by Gasteiger charge is 2.04. The van der Waals surface area contributed by atoms with Crippen LogP contribution in [0.2, 0.25) is 0 Å². The molecule has 0 amide bonds. The first-order chi connectivity index (χ1) is 9.93. The third kappa shape index (κ3) is 3.15. The van der Waals surface area contributed by atoms with Crippen LogP contribution >= 0.6 is 11.8 Å². The van der Waals surface area contributed by atoms with Gasteiger partial charge >= 0.3 is 0 Å². The Morgan fingerprint density at radius 2 is 2.15 bits per heavy atom. The van der Waals surface area contributed by atoms with Gasteiger partial charge in [0.15, 0.2) is 10.8 Å². The summed E-state index contributed by atoms with van der Waals surface area (Å²) in [4.78, 5) is 4.09. The minimum Gasteiger partial charge on any atom is -0.312 e. The molecule has 5 nitrogen and oxygen atoms in total. The Morgan fingerprint density at radius 1 is 1.15 bits per heavy atom. The zero-order valence-electron chi connectivity index (χ0n) is 10.9. The smallest absolute Gasteiger partial charge is 0.195 e. The van der Waals surface area contributed by atoms with Crippen LogP contribution in [0.25, 0.3) is 5.65 Å². The third-order valence-electron chi connectivity index (χ3n) is 2.84. The summed E-state index contributed by atoms with van der Waals surface area (Å²) in [5.74, 6) is 0.954. The van der Waals surface area contributed by atoms with Crippen molar-refractivity contribution in [2.45, 2.75) is 11.7 Å². The van der Waals surface area contributed by atoms with Crippen molar-refractivity contribution in [1.82, 2.24) is 24.9 Å². The van der Waals surface area contributed by atoms with Crippen LogP contribution in [-0.4, -0.2) is 31.9 Å². The van der Waals surface area contributed by atoms with Gasteiger partial charge < -0.3 is 5.32 Å². The molecule has 0 saturated carbocycles. The van der Waals surface area contributed by atoms with E-state index in [1.807, 2.05) is 41.1 Å². The molecule has 0 bridgehead atoms. The Labute approximate surface area is 121 Å². The highest BCUT2D eigenvalue weighted by atomic mass is 32.2. The van der Waals surface area contributed by atoms with E-state index in [4.69, 9.17) is 0 Å². The van der Waals surface area contributed by atoms with Crippen molar-refractivity contribution >= 4 is 17.4 Å². The molecular formula is C14H15N5S. The van der Waals surface area contributed by atoms with Gasteiger partial charge in [-0.2, -0.15) is 0 Å². The lowest BCUT2D eigenvalue weighted by atomic mass is 10.3. The molecule has 102 valence electrons. The fourth-order valence-corrected chi connectivity index (χ4v) is 2.69. The summed E-state index contributed by atoms with van der Waals surface area (Å²) in [6.45, 7) is 1.76. The molecule has 0 radical (unpaired) electrons. The van der Waals surface area contributed by atoms with Crippen molar-refractivity contribution in [2.75, 3.05) is 12.3 Å². The van der Waals surface area contributed by atoms with E-state index in [2.05, 4.69) is 26.6 Å². The third-order valence-corrected chi connectivity index (χ3v) is 3.79. The first-order valence-corrected chi connectivity index (χ1v) is 7.44. The summed E-state index contributed by atoms with van der Waals surface area (Å²) in [7, 11) is 0. The van der Waals surface area contributed by atoms with Gasteiger partial charge in [-0.15, -0.1) is 10.2 Å². The van der Waals surface area contributed by atoms with Crippen LogP contribution in [0.1, 0.15) is 5.56 Å². The molecule has 1 N–H and O–H groups in total. The molecule has 0 fully saturated rings. The van der Waals surface area contributed by atoms with Gasteiger partial charge in [-0.3, -0.25) is 9.38 Å². The minimum atomic E-state index is 0.842. The Bertz CT molecular complexity index is 667. The quantitative estimate of drug-likeness (QED) is 0.554. The molecule has 0 spiro atoms. The second-order valence-corrected chi connectivity index (χ2v) is 5.36. The number of rotatable bonds is 6. The van der Waals surface area contributed by atoms with Gasteiger partial charge in [0.25, 0.3) is 0 Å². The zero-order chi connectivity index (χ0) is 13.6. The monoisotopic (exact) mass is 285 g/mol. The molecule has 0 aromatic carbocycles. The van der Waals surface area contributed by atoms with Crippen molar-refractivity contribution in [3.8, 4) is 0 Å². The highest BCUT2D eigenvalue weighted by Crippen LogP contribution is 2.15. The first-order valence-electron chi connectivity index (χ1n) is 6.46. The second kappa shape index (κ2) is 6.49. The maximum absolute atomic E-state index is 4.19. The van der Waals surface area contributed by atoms with Crippen molar-refractivity contribution in [3.05, 3.63) is 54.5 Å². The molecule has 3 heterocycles. The van der Waals surface area contributed by atoms with Crippen LogP contribution < -0.4 is 5.32 Å². The van der Waals surface area contributed by atoms with E-state index >= 15 is 0 Å². The number of thioether (sulfide) groups is 1. The second-order valence-electron chi connectivity index (χ2n) is 4.30. The predicted octanol–water partition coefficient (Wildman–Crippen LogP) is 2.01. The molecule has 0 saturated heterocycles. The molecule has 3 aromatic heterocycles. The number of nitrogens with zero attached hydrogens (tertiary/aromatic N) is 4. The zero-order valence-corrected chi connectivity index (χ0v) is 11.8. The predicted molar refractivity (Wildman–Crippen MR) is 79.7 cm³/mol. The van der Waals surface area contributed by atoms with E-state index in [1.165, 1.54) is 5.56 Å². The van der Waals surface area contributed by atoms with Crippen LogP contribution in [0, 0.1) is 0 Å². The highest BCUT2D eigenvalue weighted by molar-refractivity contribution is 7.99. The van der Waals surface area contributed by atoms with E-state index in [0.717, 1.165) is 29.6 Å². The van der Waals surface area contributed by atoms with Gasteiger partial charge in [0.2, 0.25) is 0 Å². The standard InChI is InChI=1S/C14H15N5S/c1-2-8-19-13(5-1)17-18-14(19)20-9-7-16-11-12-4-3-6-15-10-12/h1-6,8,10,16H,7,9,11H2. The molecule has 3 rings (SSSR count). The first kappa shape index (κ1) is 13.1. The number of pyridine rings is 2. The van der Waals surface area contributed by atoms with Crippen molar-refractivity contribution in [2.24, 2.45) is 0 Å². The number of nitrogens with one attached hydrogen (secondary N) is 1. The number of fused-ring (bicyclic) bond motifs is 1. The topological polar surface area (TPSA) is 55.1 Å². The van der Waals surface area contributed by atoms with Crippen LogP contribution in [-0.2, 0) is 6.54 Å². The summed E-state index contributed by atoms with van der Waals surface area (Å²) in [5.41, 5.74) is 2.09. The van der Waals surface area contributed by atoms with Crippen molar-refractivity contribution in [3.63, 3.8) is 0 Å². The SMILES string of the molecule is c1cncc(CNCCSc2nnc3ccccn23)c1. The largest absolute Gasteiger partial charge is 0.312 e. The Morgan fingerprint density at radius 3 is 3.05 bits per heavy atom. The average molecular weight is 285 g/mol. The lowest BCUT2D eigenvalue weighted by molar-refractivity contribution is 0.728. The summed E-state index contributed by atoms with van der Waals surface area (Å²) >= 11 is 1.70. The fourth-order valence-electron chi connectivity index (χ4n) is 1.87. The number of hydrogen-bond acceptors (Lipinski definition) is 5.